The smallest absolute Gasteiger partial charge is 0.119 e. The molecule has 1 aliphatic rings. The van der Waals surface area contributed by atoms with E-state index in [-0.39, 0.29) is 0 Å². The minimum absolute atomic E-state index is 0.814. The highest BCUT2D eigenvalue weighted by atomic mass is 16.5. The summed E-state index contributed by atoms with van der Waals surface area (Å²) in [6, 6.07) is 8.41. The molecule has 1 aromatic rings. The van der Waals surface area contributed by atoms with Gasteiger partial charge in [-0.1, -0.05) is 26.0 Å². The molecule has 1 heterocycles. The number of rotatable bonds is 3. The minimum atomic E-state index is 0.814. The van der Waals surface area contributed by atoms with Crippen molar-refractivity contribution in [1.82, 2.24) is 4.90 Å². The number of hydrogen-bond donors (Lipinski definition) is 0. The van der Waals surface area contributed by atoms with Gasteiger partial charge in [-0.15, -0.1) is 0 Å². The van der Waals surface area contributed by atoms with Crippen molar-refractivity contribution in [2.24, 2.45) is 11.8 Å². The molecule has 1 saturated heterocycles. The van der Waals surface area contributed by atoms with E-state index >= 15 is 0 Å². The fraction of sp³-hybridized carbons (Fsp3) is 0.600. The van der Waals surface area contributed by atoms with E-state index < -0.39 is 0 Å². The van der Waals surface area contributed by atoms with Crippen LogP contribution in [0.5, 0.6) is 5.75 Å². The van der Waals surface area contributed by atoms with Crippen molar-refractivity contribution in [3.05, 3.63) is 29.8 Å². The Hall–Kier alpha value is -1.02. The highest BCUT2D eigenvalue weighted by molar-refractivity contribution is 5.28. The summed E-state index contributed by atoms with van der Waals surface area (Å²) < 4.78 is 5.26. The fourth-order valence-corrected chi connectivity index (χ4v) is 2.52. The normalized spacial score (nSPS) is 25.8. The van der Waals surface area contributed by atoms with E-state index in [1.165, 1.54) is 25.1 Å². The van der Waals surface area contributed by atoms with Crippen molar-refractivity contribution < 1.29 is 4.74 Å². The van der Waals surface area contributed by atoms with E-state index in [1.807, 2.05) is 6.07 Å². The Morgan fingerprint density at radius 2 is 2.12 bits per heavy atom. The lowest BCUT2D eigenvalue weighted by Gasteiger charge is -2.35. The van der Waals surface area contributed by atoms with Crippen LogP contribution in [0.1, 0.15) is 25.8 Å². The molecular weight excluding hydrogens is 210 g/mol. The Morgan fingerprint density at radius 3 is 2.82 bits per heavy atom. The lowest BCUT2D eigenvalue weighted by molar-refractivity contribution is 0.132. The van der Waals surface area contributed by atoms with E-state index in [0.717, 1.165) is 24.1 Å². The molecule has 17 heavy (non-hydrogen) atoms. The van der Waals surface area contributed by atoms with Crippen molar-refractivity contribution >= 4 is 0 Å². The molecule has 0 aliphatic carbocycles. The highest BCUT2D eigenvalue weighted by Gasteiger charge is 2.22. The molecule has 0 N–H and O–H groups in total. The third kappa shape index (κ3) is 3.22. The first-order valence-corrected chi connectivity index (χ1v) is 6.54. The van der Waals surface area contributed by atoms with Crippen LogP contribution in [-0.4, -0.2) is 25.1 Å². The summed E-state index contributed by atoms with van der Waals surface area (Å²) in [6.07, 6.45) is 1.32. The van der Waals surface area contributed by atoms with Crippen LogP contribution in [0.2, 0.25) is 0 Å². The van der Waals surface area contributed by atoms with Gasteiger partial charge in [-0.2, -0.15) is 0 Å². The molecule has 2 heteroatoms. The van der Waals surface area contributed by atoms with E-state index in [4.69, 9.17) is 4.74 Å². The summed E-state index contributed by atoms with van der Waals surface area (Å²) in [4.78, 5) is 2.55. The molecule has 94 valence electrons. The summed E-state index contributed by atoms with van der Waals surface area (Å²) in [7, 11) is 1.73. The maximum atomic E-state index is 5.26. The van der Waals surface area contributed by atoms with Crippen LogP contribution in [0.4, 0.5) is 0 Å². The predicted octanol–water partition coefficient (Wildman–Crippen LogP) is 3.17. The highest BCUT2D eigenvalue weighted by Crippen LogP contribution is 2.24. The van der Waals surface area contributed by atoms with E-state index in [9.17, 15) is 0 Å². The molecule has 1 aromatic carbocycles. The summed E-state index contributed by atoms with van der Waals surface area (Å²) in [6.45, 7) is 8.23. The van der Waals surface area contributed by atoms with E-state index in [0.29, 0.717) is 0 Å². The van der Waals surface area contributed by atoms with Gasteiger partial charge in [0.2, 0.25) is 0 Å². The van der Waals surface area contributed by atoms with Crippen molar-refractivity contribution in [1.29, 1.82) is 0 Å². The van der Waals surface area contributed by atoms with Gasteiger partial charge in [-0.05, 0) is 42.5 Å². The zero-order valence-electron chi connectivity index (χ0n) is 11.1. The summed E-state index contributed by atoms with van der Waals surface area (Å²) >= 11 is 0. The van der Waals surface area contributed by atoms with Gasteiger partial charge in [0.05, 0.1) is 7.11 Å². The van der Waals surface area contributed by atoms with Crippen LogP contribution in [0.3, 0.4) is 0 Å². The molecule has 2 atom stereocenters. The standard InChI is InChI=1S/C15H23NO/c1-12-7-8-16(10-13(12)2)11-14-5-4-6-15(9-14)17-3/h4-6,9,12-13H,7-8,10-11H2,1-3H3. The summed E-state index contributed by atoms with van der Waals surface area (Å²) in [5, 5.41) is 0. The van der Waals surface area contributed by atoms with Crippen LogP contribution in [0.15, 0.2) is 24.3 Å². The number of benzene rings is 1. The van der Waals surface area contributed by atoms with Gasteiger partial charge >= 0.3 is 0 Å². The fourth-order valence-electron chi connectivity index (χ4n) is 2.52. The average molecular weight is 233 g/mol. The van der Waals surface area contributed by atoms with Gasteiger partial charge in [0.25, 0.3) is 0 Å². The van der Waals surface area contributed by atoms with Crippen molar-refractivity contribution in [2.45, 2.75) is 26.8 Å². The Morgan fingerprint density at radius 1 is 1.29 bits per heavy atom. The molecule has 0 bridgehead atoms. The van der Waals surface area contributed by atoms with Crippen LogP contribution in [-0.2, 0) is 6.54 Å². The van der Waals surface area contributed by atoms with Crippen molar-refractivity contribution in [3.8, 4) is 5.75 Å². The van der Waals surface area contributed by atoms with Crippen molar-refractivity contribution in [3.63, 3.8) is 0 Å². The van der Waals surface area contributed by atoms with Gasteiger partial charge in [-0.25, -0.2) is 0 Å². The second kappa shape index (κ2) is 5.54. The predicted molar refractivity (Wildman–Crippen MR) is 71.2 cm³/mol. The third-order valence-corrected chi connectivity index (χ3v) is 3.96. The molecule has 0 saturated carbocycles. The second-order valence-corrected chi connectivity index (χ2v) is 5.33. The Balaban J connectivity index is 1.96. The monoisotopic (exact) mass is 233 g/mol. The molecule has 1 fully saturated rings. The topological polar surface area (TPSA) is 12.5 Å². The first kappa shape index (κ1) is 12.4. The Bertz CT molecular complexity index is 364. The number of hydrogen-bond acceptors (Lipinski definition) is 2. The van der Waals surface area contributed by atoms with E-state index in [2.05, 4.69) is 36.9 Å². The molecular formula is C15H23NO. The Labute approximate surface area is 105 Å². The zero-order valence-corrected chi connectivity index (χ0v) is 11.1. The van der Waals surface area contributed by atoms with Crippen LogP contribution < -0.4 is 4.74 Å². The van der Waals surface area contributed by atoms with Crippen LogP contribution in [0.25, 0.3) is 0 Å². The van der Waals surface area contributed by atoms with Crippen molar-refractivity contribution in [2.75, 3.05) is 20.2 Å². The van der Waals surface area contributed by atoms with Crippen LogP contribution in [0, 0.1) is 11.8 Å². The molecule has 2 nitrogen and oxygen atoms in total. The third-order valence-electron chi connectivity index (χ3n) is 3.96. The largest absolute Gasteiger partial charge is 0.497 e. The van der Waals surface area contributed by atoms with Gasteiger partial charge < -0.3 is 4.74 Å². The number of ether oxygens (including phenoxy) is 1. The maximum absolute atomic E-state index is 5.26. The lowest BCUT2D eigenvalue weighted by Crippen LogP contribution is -2.37. The molecule has 1 aliphatic heterocycles. The number of likely N-dealkylation sites (tertiary alicyclic amines) is 1. The molecule has 0 spiro atoms. The molecule has 0 amide bonds. The lowest BCUT2D eigenvalue weighted by atomic mass is 9.88. The average Bonchev–Trinajstić information content (AvgIpc) is 2.34. The zero-order chi connectivity index (χ0) is 12.3. The molecule has 0 aromatic heterocycles. The second-order valence-electron chi connectivity index (χ2n) is 5.33. The number of methoxy groups -OCH3 is 1. The van der Waals surface area contributed by atoms with Gasteiger partial charge in [0, 0.05) is 13.1 Å². The molecule has 0 radical (unpaired) electrons. The van der Waals surface area contributed by atoms with Gasteiger partial charge in [-0.3, -0.25) is 4.90 Å². The maximum Gasteiger partial charge on any atom is 0.119 e. The summed E-state index contributed by atoms with van der Waals surface area (Å²) in [5.74, 6) is 2.65. The molecule has 2 unspecified atom stereocenters. The first-order valence-electron chi connectivity index (χ1n) is 6.54. The van der Waals surface area contributed by atoms with Gasteiger partial charge in [0.1, 0.15) is 5.75 Å². The minimum Gasteiger partial charge on any atom is -0.497 e. The van der Waals surface area contributed by atoms with E-state index in [1.54, 1.807) is 7.11 Å². The summed E-state index contributed by atoms with van der Waals surface area (Å²) in [5.41, 5.74) is 1.35. The van der Waals surface area contributed by atoms with Gasteiger partial charge in [0.15, 0.2) is 0 Å². The first-order chi connectivity index (χ1) is 8.19. The number of piperidine rings is 1. The Kier molecular flexibility index (Phi) is 4.06. The van der Waals surface area contributed by atoms with Crippen LogP contribution >= 0.6 is 0 Å². The quantitative estimate of drug-likeness (QED) is 0.795. The SMILES string of the molecule is COc1cccc(CN2CCC(C)C(C)C2)c1. The number of nitrogens with zero attached hydrogens (tertiary/aromatic N) is 1. The molecule has 2 rings (SSSR count).